The summed E-state index contributed by atoms with van der Waals surface area (Å²) in [6.07, 6.45) is 0.108. The van der Waals surface area contributed by atoms with Crippen molar-refractivity contribution in [3.63, 3.8) is 0 Å². The fourth-order valence-corrected chi connectivity index (χ4v) is 4.60. The molecule has 0 aromatic heterocycles. The van der Waals surface area contributed by atoms with Crippen molar-refractivity contribution < 1.29 is 33.3 Å². The molecule has 1 aromatic carbocycles. The average molecular weight is 458 g/mol. The Bertz CT molecular complexity index is 1040. The molecule has 1 aromatic rings. The van der Waals surface area contributed by atoms with Gasteiger partial charge in [0.1, 0.15) is 17.4 Å². The smallest absolute Gasteiger partial charge is 0.337 e. The zero-order chi connectivity index (χ0) is 24.4. The van der Waals surface area contributed by atoms with Gasteiger partial charge in [-0.15, -0.1) is 0 Å². The Labute approximate surface area is 193 Å². The standard InChI is InChI=1S/C25H31NO7/c1-12(2)33-25(29)20-14(4)26-17-10-13(3)19(24(28)32-7)23(27)22(17)21(20)16-9-8-15(30-5)11-18(16)31-6/h8-9,11-13,19,21,26H,10H2,1-7H3/t13-,19+,21+/m1/s1. The van der Waals surface area contributed by atoms with Crippen LogP contribution in [0, 0.1) is 11.8 Å². The van der Waals surface area contributed by atoms with Crippen molar-refractivity contribution in [3.8, 4) is 11.5 Å². The predicted molar refractivity (Wildman–Crippen MR) is 121 cm³/mol. The molecule has 0 amide bonds. The molecule has 178 valence electrons. The van der Waals surface area contributed by atoms with Crippen LogP contribution in [0.25, 0.3) is 0 Å². The first-order chi connectivity index (χ1) is 15.6. The van der Waals surface area contributed by atoms with Gasteiger partial charge in [0, 0.05) is 28.6 Å². The van der Waals surface area contributed by atoms with Crippen molar-refractivity contribution in [2.45, 2.75) is 46.1 Å². The van der Waals surface area contributed by atoms with Crippen LogP contribution in [-0.2, 0) is 23.9 Å². The Morgan fingerprint density at radius 3 is 2.39 bits per heavy atom. The highest BCUT2D eigenvalue weighted by Gasteiger charge is 2.48. The van der Waals surface area contributed by atoms with Crippen LogP contribution in [-0.4, -0.2) is 45.2 Å². The number of benzene rings is 1. The number of dihydropyridines is 1. The minimum Gasteiger partial charge on any atom is -0.497 e. The van der Waals surface area contributed by atoms with Gasteiger partial charge in [-0.2, -0.15) is 0 Å². The second-order valence-corrected chi connectivity index (χ2v) is 8.60. The largest absolute Gasteiger partial charge is 0.497 e. The van der Waals surface area contributed by atoms with Crippen molar-refractivity contribution >= 4 is 17.7 Å². The highest BCUT2D eigenvalue weighted by molar-refractivity contribution is 6.12. The number of ether oxygens (including phenoxy) is 4. The van der Waals surface area contributed by atoms with Gasteiger partial charge in [0.2, 0.25) is 0 Å². The van der Waals surface area contributed by atoms with Crippen LogP contribution in [0.4, 0.5) is 0 Å². The first kappa shape index (κ1) is 24.4. The molecule has 1 aliphatic carbocycles. The van der Waals surface area contributed by atoms with Crippen LogP contribution in [0.1, 0.15) is 45.6 Å². The van der Waals surface area contributed by atoms with E-state index >= 15 is 0 Å². The summed E-state index contributed by atoms with van der Waals surface area (Å²) in [4.78, 5) is 39.5. The van der Waals surface area contributed by atoms with Gasteiger partial charge >= 0.3 is 11.9 Å². The third-order valence-corrected chi connectivity index (χ3v) is 6.06. The van der Waals surface area contributed by atoms with Gasteiger partial charge in [0.05, 0.1) is 38.9 Å². The van der Waals surface area contributed by atoms with E-state index in [-0.39, 0.29) is 17.8 Å². The van der Waals surface area contributed by atoms with Gasteiger partial charge < -0.3 is 24.3 Å². The fourth-order valence-electron chi connectivity index (χ4n) is 4.60. The van der Waals surface area contributed by atoms with Crippen molar-refractivity contribution in [3.05, 3.63) is 46.3 Å². The highest BCUT2D eigenvalue weighted by Crippen LogP contribution is 2.48. The number of hydrogen-bond donors (Lipinski definition) is 1. The normalized spacial score (nSPS) is 22.5. The summed E-state index contributed by atoms with van der Waals surface area (Å²) in [5.74, 6) is -2.45. The molecule has 8 nitrogen and oxygen atoms in total. The summed E-state index contributed by atoms with van der Waals surface area (Å²) in [6, 6.07) is 5.22. The van der Waals surface area contributed by atoms with E-state index in [0.717, 1.165) is 0 Å². The van der Waals surface area contributed by atoms with Gasteiger partial charge in [-0.25, -0.2) is 4.79 Å². The number of carbonyl (C=O) groups excluding carboxylic acids is 3. The third kappa shape index (κ3) is 4.47. The molecule has 1 N–H and O–H groups in total. The van der Waals surface area contributed by atoms with Crippen molar-refractivity contribution in [2.24, 2.45) is 11.8 Å². The zero-order valence-corrected chi connectivity index (χ0v) is 20.1. The van der Waals surface area contributed by atoms with Gasteiger partial charge in [-0.05, 0) is 39.2 Å². The molecular formula is C25H31NO7. The maximum absolute atomic E-state index is 13.7. The number of hydrogen-bond acceptors (Lipinski definition) is 8. The molecular weight excluding hydrogens is 426 g/mol. The molecule has 33 heavy (non-hydrogen) atoms. The van der Waals surface area contributed by atoms with Crippen LogP contribution in [0.5, 0.6) is 11.5 Å². The Hall–Kier alpha value is -3.29. The SMILES string of the molecule is COC(=O)[C@@H]1C(=O)C2=C(C[C@H]1C)NC(C)=C(C(=O)OC(C)C)[C@@H]2c1ccc(OC)cc1OC. The first-order valence-corrected chi connectivity index (χ1v) is 10.9. The number of allylic oxidation sites excluding steroid dienone is 3. The third-order valence-electron chi connectivity index (χ3n) is 6.06. The monoisotopic (exact) mass is 457 g/mol. The summed E-state index contributed by atoms with van der Waals surface area (Å²) in [7, 11) is 4.33. The van der Waals surface area contributed by atoms with E-state index in [4.69, 9.17) is 18.9 Å². The lowest BCUT2D eigenvalue weighted by Crippen LogP contribution is -2.43. The average Bonchev–Trinajstić information content (AvgIpc) is 2.76. The van der Waals surface area contributed by atoms with Gasteiger partial charge in [0.25, 0.3) is 0 Å². The molecule has 0 saturated heterocycles. The molecule has 0 fully saturated rings. The van der Waals surface area contributed by atoms with E-state index in [2.05, 4.69) is 5.32 Å². The molecule has 1 heterocycles. The fraction of sp³-hybridized carbons (Fsp3) is 0.480. The van der Waals surface area contributed by atoms with Crippen LogP contribution in [0.2, 0.25) is 0 Å². The van der Waals surface area contributed by atoms with E-state index in [1.165, 1.54) is 14.2 Å². The molecule has 0 bridgehead atoms. The minimum atomic E-state index is -0.955. The topological polar surface area (TPSA) is 100 Å². The summed E-state index contributed by atoms with van der Waals surface area (Å²) in [5, 5.41) is 3.24. The summed E-state index contributed by atoms with van der Waals surface area (Å²) in [5.41, 5.74) is 2.55. The van der Waals surface area contributed by atoms with E-state index in [1.807, 2.05) is 6.92 Å². The van der Waals surface area contributed by atoms with E-state index < -0.39 is 23.8 Å². The molecule has 0 radical (unpaired) electrons. The number of nitrogens with one attached hydrogen (secondary N) is 1. The second-order valence-electron chi connectivity index (χ2n) is 8.60. The van der Waals surface area contributed by atoms with Crippen molar-refractivity contribution in [1.29, 1.82) is 0 Å². The van der Waals surface area contributed by atoms with Crippen LogP contribution in [0.3, 0.4) is 0 Å². The van der Waals surface area contributed by atoms with Crippen LogP contribution < -0.4 is 14.8 Å². The molecule has 1 aliphatic heterocycles. The maximum atomic E-state index is 13.7. The van der Waals surface area contributed by atoms with Crippen LogP contribution in [0.15, 0.2) is 40.7 Å². The molecule has 0 saturated carbocycles. The Balaban J connectivity index is 2.25. The van der Waals surface area contributed by atoms with Crippen LogP contribution >= 0.6 is 0 Å². The number of carbonyl (C=O) groups is 3. The van der Waals surface area contributed by atoms with E-state index in [9.17, 15) is 14.4 Å². The second kappa shape index (κ2) is 9.68. The predicted octanol–water partition coefficient (Wildman–Crippen LogP) is 3.27. The summed E-state index contributed by atoms with van der Waals surface area (Å²) >= 11 is 0. The number of esters is 2. The Kier molecular flexibility index (Phi) is 7.15. The Morgan fingerprint density at radius 1 is 1.12 bits per heavy atom. The lowest BCUT2D eigenvalue weighted by Gasteiger charge is -2.38. The number of rotatable bonds is 6. The molecule has 8 heteroatoms. The first-order valence-electron chi connectivity index (χ1n) is 10.9. The lowest BCUT2D eigenvalue weighted by atomic mass is 9.69. The summed E-state index contributed by atoms with van der Waals surface area (Å²) < 4.78 is 21.4. The van der Waals surface area contributed by atoms with E-state index in [1.54, 1.807) is 46.1 Å². The minimum absolute atomic E-state index is 0.258. The quantitative estimate of drug-likeness (QED) is 0.513. The number of ketones is 1. The Morgan fingerprint density at radius 2 is 1.82 bits per heavy atom. The van der Waals surface area contributed by atoms with Crippen molar-refractivity contribution in [1.82, 2.24) is 5.32 Å². The van der Waals surface area contributed by atoms with E-state index in [0.29, 0.717) is 46.0 Å². The molecule has 3 atom stereocenters. The number of Topliss-reactive ketones (excluding diaryl/α,β-unsaturated/α-hetero) is 1. The molecule has 0 unspecified atom stereocenters. The molecule has 3 rings (SSSR count). The molecule has 2 aliphatic rings. The number of methoxy groups -OCH3 is 3. The summed E-state index contributed by atoms with van der Waals surface area (Å²) in [6.45, 7) is 7.15. The highest BCUT2D eigenvalue weighted by atomic mass is 16.5. The van der Waals surface area contributed by atoms with Gasteiger partial charge in [0.15, 0.2) is 5.78 Å². The van der Waals surface area contributed by atoms with Crippen molar-refractivity contribution in [2.75, 3.05) is 21.3 Å². The van der Waals surface area contributed by atoms with Gasteiger partial charge in [-0.1, -0.05) is 13.0 Å². The van der Waals surface area contributed by atoms with Gasteiger partial charge in [-0.3, -0.25) is 9.59 Å². The lowest BCUT2D eigenvalue weighted by molar-refractivity contribution is -0.151. The maximum Gasteiger partial charge on any atom is 0.337 e. The molecule has 0 spiro atoms. The zero-order valence-electron chi connectivity index (χ0n) is 20.1.